The number of aromatic nitrogens is 3. The molecular weight excluding hydrogens is 393 g/mol. The first-order valence-electron chi connectivity index (χ1n) is 9.63. The average molecular weight is 414 g/mol. The normalized spacial score (nSPS) is 15.6. The third-order valence-electron chi connectivity index (χ3n) is 5.75. The Bertz CT molecular complexity index is 1100. The molecule has 0 radical (unpaired) electrons. The van der Waals surface area contributed by atoms with Crippen molar-refractivity contribution in [2.24, 2.45) is 5.92 Å². The van der Waals surface area contributed by atoms with Crippen LogP contribution in [0.4, 0.5) is 13.2 Å². The van der Waals surface area contributed by atoms with Gasteiger partial charge in [-0.1, -0.05) is 24.6 Å². The van der Waals surface area contributed by atoms with Gasteiger partial charge in [0.2, 0.25) is 0 Å². The SMILES string of the molecule is CN(C=N)C(=N)C(c1cccc(-c2n[nH]c3cnc(C(F)(F)F)cc23)c1)C1CCC1. The second-order valence-corrected chi connectivity index (χ2v) is 7.60. The fraction of sp³-hybridized carbons (Fsp3) is 0.333. The van der Waals surface area contributed by atoms with E-state index < -0.39 is 11.9 Å². The van der Waals surface area contributed by atoms with Crippen molar-refractivity contribution in [1.29, 1.82) is 10.8 Å². The van der Waals surface area contributed by atoms with E-state index in [0.29, 0.717) is 33.9 Å². The molecular formula is C21H21F3N6. The van der Waals surface area contributed by atoms with Crippen LogP contribution in [-0.2, 0) is 6.18 Å². The summed E-state index contributed by atoms with van der Waals surface area (Å²) in [5, 5.41) is 23.4. The lowest BCUT2D eigenvalue weighted by molar-refractivity contribution is -0.141. The second-order valence-electron chi connectivity index (χ2n) is 7.60. The van der Waals surface area contributed by atoms with Crippen molar-refractivity contribution < 1.29 is 13.2 Å². The van der Waals surface area contributed by atoms with Gasteiger partial charge in [-0.2, -0.15) is 18.3 Å². The number of fused-ring (bicyclic) bond motifs is 1. The Morgan fingerprint density at radius 3 is 2.70 bits per heavy atom. The molecule has 3 aromatic rings. The number of pyridine rings is 1. The Morgan fingerprint density at radius 2 is 2.07 bits per heavy atom. The van der Waals surface area contributed by atoms with Gasteiger partial charge in [-0.15, -0.1) is 0 Å². The van der Waals surface area contributed by atoms with E-state index in [1.54, 1.807) is 13.1 Å². The molecule has 1 atom stereocenters. The maximum Gasteiger partial charge on any atom is 0.433 e. The lowest BCUT2D eigenvalue weighted by atomic mass is 9.72. The summed E-state index contributed by atoms with van der Waals surface area (Å²) >= 11 is 0. The van der Waals surface area contributed by atoms with Crippen LogP contribution in [0.3, 0.4) is 0 Å². The molecule has 1 unspecified atom stereocenters. The van der Waals surface area contributed by atoms with Gasteiger partial charge in [0.05, 0.1) is 18.1 Å². The first-order chi connectivity index (χ1) is 14.3. The van der Waals surface area contributed by atoms with Gasteiger partial charge < -0.3 is 4.90 Å². The van der Waals surface area contributed by atoms with Crippen LogP contribution in [0.25, 0.3) is 22.2 Å². The first-order valence-corrected chi connectivity index (χ1v) is 9.63. The van der Waals surface area contributed by atoms with Crippen molar-refractivity contribution in [3.05, 3.63) is 47.8 Å². The molecule has 2 heterocycles. The topological polar surface area (TPSA) is 92.5 Å². The van der Waals surface area contributed by atoms with E-state index in [1.807, 2.05) is 18.2 Å². The number of benzene rings is 1. The molecule has 1 saturated carbocycles. The van der Waals surface area contributed by atoms with E-state index in [1.165, 1.54) is 4.90 Å². The summed E-state index contributed by atoms with van der Waals surface area (Å²) in [6.45, 7) is 0. The monoisotopic (exact) mass is 414 g/mol. The van der Waals surface area contributed by atoms with Crippen LogP contribution in [0.15, 0.2) is 36.5 Å². The summed E-state index contributed by atoms with van der Waals surface area (Å²) in [6, 6.07) is 8.46. The van der Waals surface area contributed by atoms with Gasteiger partial charge in [0.1, 0.15) is 17.2 Å². The summed E-state index contributed by atoms with van der Waals surface area (Å²) in [6.07, 6.45) is 0.852. The molecule has 1 aliphatic carbocycles. The number of likely N-dealkylation sites (N-methyl/N-ethyl adjacent to an activating group) is 1. The van der Waals surface area contributed by atoms with Gasteiger partial charge >= 0.3 is 6.18 Å². The van der Waals surface area contributed by atoms with Crippen molar-refractivity contribution in [1.82, 2.24) is 20.1 Å². The molecule has 4 rings (SSSR count). The number of nitrogens with zero attached hydrogens (tertiary/aromatic N) is 3. The zero-order valence-electron chi connectivity index (χ0n) is 16.3. The van der Waals surface area contributed by atoms with Gasteiger partial charge in [-0.05, 0) is 36.5 Å². The Hall–Kier alpha value is -3.23. The number of H-pyrrole nitrogens is 1. The standard InChI is InChI=1S/C21H21F3N6/c1-30(11-25)20(26)18(12-4-2-5-12)13-6-3-7-14(8-13)19-15-9-17(21(22,23)24)27-10-16(15)28-29-19/h3,6-12,18,25-26H,2,4-5H2,1H3,(H,28,29). The molecule has 0 spiro atoms. The molecule has 1 aliphatic rings. The molecule has 6 nitrogen and oxygen atoms in total. The first kappa shape index (κ1) is 20.1. The fourth-order valence-electron chi connectivity index (χ4n) is 3.89. The number of halogens is 3. The third kappa shape index (κ3) is 3.55. The fourth-order valence-corrected chi connectivity index (χ4v) is 3.89. The number of hydrogen-bond donors (Lipinski definition) is 3. The maximum absolute atomic E-state index is 13.1. The van der Waals surface area contributed by atoms with E-state index >= 15 is 0 Å². The van der Waals surface area contributed by atoms with E-state index in [-0.39, 0.29) is 5.92 Å². The molecule has 0 aliphatic heterocycles. The Balaban J connectivity index is 1.77. The molecule has 1 fully saturated rings. The van der Waals surface area contributed by atoms with Gasteiger partial charge in [0, 0.05) is 23.9 Å². The predicted octanol–water partition coefficient (Wildman–Crippen LogP) is 5.04. The highest BCUT2D eigenvalue weighted by atomic mass is 19.4. The highest BCUT2D eigenvalue weighted by molar-refractivity contribution is 5.95. The van der Waals surface area contributed by atoms with E-state index in [0.717, 1.165) is 43.4 Å². The van der Waals surface area contributed by atoms with Crippen molar-refractivity contribution >= 4 is 23.1 Å². The minimum Gasteiger partial charge on any atom is -0.324 e. The molecule has 2 aromatic heterocycles. The molecule has 0 amide bonds. The summed E-state index contributed by atoms with van der Waals surface area (Å²) in [5.41, 5.74) is 1.45. The average Bonchev–Trinajstić information content (AvgIpc) is 3.12. The second kappa shape index (κ2) is 7.55. The highest BCUT2D eigenvalue weighted by Crippen LogP contribution is 2.41. The highest BCUT2D eigenvalue weighted by Gasteiger charge is 2.34. The van der Waals surface area contributed by atoms with Crippen molar-refractivity contribution in [2.75, 3.05) is 7.05 Å². The van der Waals surface area contributed by atoms with Crippen LogP contribution < -0.4 is 0 Å². The lowest BCUT2D eigenvalue weighted by Gasteiger charge is -2.36. The van der Waals surface area contributed by atoms with Crippen molar-refractivity contribution in [3.8, 4) is 11.3 Å². The summed E-state index contributed by atoms with van der Waals surface area (Å²) in [5.74, 6) is 0.470. The third-order valence-corrected chi connectivity index (χ3v) is 5.75. The maximum atomic E-state index is 13.1. The molecule has 0 saturated heterocycles. The minimum absolute atomic E-state index is 0.178. The van der Waals surface area contributed by atoms with E-state index in [4.69, 9.17) is 10.8 Å². The number of aromatic amines is 1. The zero-order chi connectivity index (χ0) is 21.5. The smallest absolute Gasteiger partial charge is 0.324 e. The predicted molar refractivity (Wildman–Crippen MR) is 109 cm³/mol. The number of amidine groups is 1. The molecule has 30 heavy (non-hydrogen) atoms. The van der Waals surface area contributed by atoms with Crippen molar-refractivity contribution in [3.63, 3.8) is 0 Å². The number of hydrogen-bond acceptors (Lipinski definition) is 4. The van der Waals surface area contributed by atoms with Gasteiger partial charge in [-0.3, -0.25) is 15.9 Å². The van der Waals surface area contributed by atoms with Crippen LogP contribution in [0.5, 0.6) is 0 Å². The molecule has 1 aromatic carbocycles. The van der Waals surface area contributed by atoms with Crippen molar-refractivity contribution in [2.45, 2.75) is 31.4 Å². The quantitative estimate of drug-likeness (QED) is 0.403. The molecule has 156 valence electrons. The molecule has 9 heteroatoms. The Morgan fingerprint density at radius 1 is 1.30 bits per heavy atom. The summed E-state index contributed by atoms with van der Waals surface area (Å²) < 4.78 is 39.4. The molecule has 0 bridgehead atoms. The Kier molecular flexibility index (Phi) is 5.05. The minimum atomic E-state index is -4.54. The van der Waals surface area contributed by atoms with Crippen LogP contribution >= 0.6 is 0 Å². The number of alkyl halides is 3. The van der Waals surface area contributed by atoms with E-state index in [2.05, 4.69) is 15.2 Å². The molecule has 3 N–H and O–H groups in total. The lowest BCUT2D eigenvalue weighted by Crippen LogP contribution is -2.36. The van der Waals surface area contributed by atoms with Gasteiger partial charge in [0.15, 0.2) is 0 Å². The van der Waals surface area contributed by atoms with Crippen LogP contribution in [0.1, 0.15) is 36.4 Å². The Labute approximate surface area is 171 Å². The van der Waals surface area contributed by atoms with Crippen LogP contribution in [0.2, 0.25) is 0 Å². The van der Waals surface area contributed by atoms with E-state index in [9.17, 15) is 13.2 Å². The summed E-state index contributed by atoms with van der Waals surface area (Å²) in [7, 11) is 1.68. The van der Waals surface area contributed by atoms with Crippen LogP contribution in [-0.4, -0.2) is 39.3 Å². The van der Waals surface area contributed by atoms with Gasteiger partial charge in [0.25, 0.3) is 0 Å². The van der Waals surface area contributed by atoms with Gasteiger partial charge in [-0.25, -0.2) is 4.98 Å². The number of rotatable bonds is 5. The summed E-state index contributed by atoms with van der Waals surface area (Å²) in [4.78, 5) is 4.96. The number of nitrogens with one attached hydrogen (secondary N) is 3. The largest absolute Gasteiger partial charge is 0.433 e. The van der Waals surface area contributed by atoms with Crippen LogP contribution in [0, 0.1) is 16.7 Å². The zero-order valence-corrected chi connectivity index (χ0v) is 16.3.